The van der Waals surface area contributed by atoms with Gasteiger partial charge in [-0.25, -0.2) is 0 Å². The fourth-order valence-corrected chi connectivity index (χ4v) is 4.08. The first-order valence-electron chi connectivity index (χ1n) is 8.83. The number of benzene rings is 2. The van der Waals surface area contributed by atoms with E-state index in [1.54, 1.807) is 17.8 Å². The van der Waals surface area contributed by atoms with E-state index in [0.29, 0.717) is 18.1 Å². The van der Waals surface area contributed by atoms with Crippen molar-refractivity contribution in [3.63, 3.8) is 0 Å². The van der Waals surface area contributed by atoms with Gasteiger partial charge in [-0.2, -0.15) is 0 Å². The molecule has 0 fully saturated rings. The Bertz CT molecular complexity index is 873. The van der Waals surface area contributed by atoms with E-state index in [1.807, 2.05) is 31.2 Å². The van der Waals surface area contributed by atoms with Gasteiger partial charge in [0.1, 0.15) is 5.75 Å². The maximum Gasteiger partial charge on any atom is 0.187 e. The third kappa shape index (κ3) is 3.56. The topological polar surface area (TPSA) is 29.5 Å². The Kier molecular flexibility index (Phi) is 4.85. The molecule has 0 saturated carbocycles. The molecule has 1 atom stereocenters. The average molecular weight is 363 g/mol. The normalized spacial score (nSPS) is 19.2. The van der Waals surface area contributed by atoms with Crippen LogP contribution in [0.5, 0.6) is 5.75 Å². The molecule has 0 spiro atoms. The van der Waals surface area contributed by atoms with Crippen molar-refractivity contribution in [2.75, 3.05) is 18.9 Å². The van der Waals surface area contributed by atoms with Crippen LogP contribution in [0, 0.1) is 0 Å². The van der Waals surface area contributed by atoms with Crippen molar-refractivity contribution in [2.24, 2.45) is 0 Å². The number of ether oxygens (including phenoxy) is 1. The fraction of sp³-hybridized carbons (Fsp3) is 0.227. The second-order valence-electron chi connectivity index (χ2n) is 6.52. The number of hydrogen-bond acceptors (Lipinski definition) is 4. The standard InChI is InChI=1S/C22H21NO2S/c1-16(23-10-9-19(15-23)17-5-3-2-4-6-17)13-20(24)18-7-8-22-21(14-18)25-11-12-26-22/h2-10,13-14,19H,11-12,15H2,1H3/b16-13+. The molecule has 0 aromatic heterocycles. The van der Waals surface area contributed by atoms with Crippen LogP contribution in [0.25, 0.3) is 0 Å². The third-order valence-corrected chi connectivity index (χ3v) is 5.76. The number of carbonyl (C=O) groups excluding carboxylic acids is 1. The molecule has 0 aliphatic carbocycles. The van der Waals surface area contributed by atoms with Crippen LogP contribution in [0.4, 0.5) is 0 Å². The van der Waals surface area contributed by atoms with Gasteiger partial charge in [-0.3, -0.25) is 4.79 Å². The number of fused-ring (bicyclic) bond motifs is 1. The van der Waals surface area contributed by atoms with Gasteiger partial charge in [-0.1, -0.05) is 36.4 Å². The summed E-state index contributed by atoms with van der Waals surface area (Å²) in [4.78, 5) is 15.9. The van der Waals surface area contributed by atoms with Crippen LogP contribution >= 0.6 is 11.8 Å². The van der Waals surface area contributed by atoms with Gasteiger partial charge < -0.3 is 9.64 Å². The van der Waals surface area contributed by atoms with Gasteiger partial charge in [-0.05, 0) is 30.7 Å². The molecule has 3 nitrogen and oxygen atoms in total. The highest BCUT2D eigenvalue weighted by Crippen LogP contribution is 2.34. The Labute approximate surface area is 158 Å². The molecule has 0 bridgehead atoms. The summed E-state index contributed by atoms with van der Waals surface area (Å²) in [6, 6.07) is 16.2. The van der Waals surface area contributed by atoms with Crippen molar-refractivity contribution >= 4 is 17.5 Å². The number of hydrogen-bond donors (Lipinski definition) is 0. The predicted octanol–water partition coefficient (Wildman–Crippen LogP) is 4.87. The number of rotatable bonds is 4. The molecule has 4 rings (SSSR count). The van der Waals surface area contributed by atoms with Crippen LogP contribution in [-0.2, 0) is 0 Å². The van der Waals surface area contributed by atoms with Crippen LogP contribution in [0.3, 0.4) is 0 Å². The summed E-state index contributed by atoms with van der Waals surface area (Å²) in [7, 11) is 0. The molecule has 26 heavy (non-hydrogen) atoms. The lowest BCUT2D eigenvalue weighted by atomic mass is 10.0. The first kappa shape index (κ1) is 17.0. The molecular weight excluding hydrogens is 342 g/mol. The summed E-state index contributed by atoms with van der Waals surface area (Å²) in [5.74, 6) is 2.16. The summed E-state index contributed by atoms with van der Waals surface area (Å²) in [5, 5.41) is 0. The minimum atomic E-state index is 0.0148. The van der Waals surface area contributed by atoms with E-state index in [1.165, 1.54) is 5.56 Å². The molecule has 0 amide bonds. The van der Waals surface area contributed by atoms with Crippen molar-refractivity contribution in [1.82, 2.24) is 4.90 Å². The smallest absolute Gasteiger partial charge is 0.187 e. The molecule has 2 aliphatic rings. The van der Waals surface area contributed by atoms with E-state index >= 15 is 0 Å². The summed E-state index contributed by atoms with van der Waals surface area (Å²) in [5.41, 5.74) is 2.93. The Morgan fingerprint density at radius 3 is 2.92 bits per heavy atom. The average Bonchev–Trinajstić information content (AvgIpc) is 3.18. The van der Waals surface area contributed by atoms with Crippen molar-refractivity contribution in [2.45, 2.75) is 17.7 Å². The van der Waals surface area contributed by atoms with Gasteiger partial charge >= 0.3 is 0 Å². The van der Waals surface area contributed by atoms with E-state index in [-0.39, 0.29) is 5.78 Å². The van der Waals surface area contributed by atoms with Crippen molar-refractivity contribution < 1.29 is 9.53 Å². The van der Waals surface area contributed by atoms with Gasteiger partial charge in [0.25, 0.3) is 0 Å². The van der Waals surface area contributed by atoms with E-state index in [9.17, 15) is 4.79 Å². The van der Waals surface area contributed by atoms with Crippen LogP contribution < -0.4 is 4.74 Å². The van der Waals surface area contributed by atoms with E-state index in [4.69, 9.17) is 4.74 Å². The first-order valence-corrected chi connectivity index (χ1v) is 9.81. The lowest BCUT2D eigenvalue weighted by Gasteiger charge is -2.19. The molecule has 4 heteroatoms. The highest BCUT2D eigenvalue weighted by molar-refractivity contribution is 7.99. The minimum Gasteiger partial charge on any atom is -0.492 e. The first-order chi connectivity index (χ1) is 12.7. The van der Waals surface area contributed by atoms with E-state index in [2.05, 4.69) is 41.4 Å². The third-order valence-electron chi connectivity index (χ3n) is 4.74. The second kappa shape index (κ2) is 7.42. The number of thioether (sulfide) groups is 1. The summed E-state index contributed by atoms with van der Waals surface area (Å²) in [6.07, 6.45) is 5.99. The van der Waals surface area contributed by atoms with E-state index in [0.717, 1.165) is 28.6 Å². The molecule has 0 saturated heterocycles. The van der Waals surface area contributed by atoms with Crippen molar-refractivity contribution in [3.8, 4) is 5.75 Å². The van der Waals surface area contributed by atoms with Gasteiger partial charge in [0.05, 0.1) is 6.61 Å². The maximum atomic E-state index is 12.7. The van der Waals surface area contributed by atoms with E-state index < -0.39 is 0 Å². The van der Waals surface area contributed by atoms with Gasteiger partial charge in [0.2, 0.25) is 0 Å². The zero-order valence-corrected chi connectivity index (χ0v) is 15.5. The van der Waals surface area contributed by atoms with Crippen LogP contribution in [-0.4, -0.2) is 29.6 Å². The number of allylic oxidation sites excluding steroid dienone is 2. The molecule has 2 aromatic carbocycles. The lowest BCUT2D eigenvalue weighted by Crippen LogP contribution is -2.16. The summed E-state index contributed by atoms with van der Waals surface area (Å²) >= 11 is 1.77. The van der Waals surface area contributed by atoms with Gasteiger partial charge in [-0.15, -0.1) is 11.8 Å². The molecule has 0 radical (unpaired) electrons. The monoisotopic (exact) mass is 363 g/mol. The SMILES string of the molecule is C/C(=C\C(=O)c1ccc2c(c1)OCCS2)N1C=CC(c2ccccc2)C1. The zero-order chi connectivity index (χ0) is 17.9. The molecule has 0 N–H and O–H groups in total. The van der Waals surface area contributed by atoms with Crippen molar-refractivity contribution in [1.29, 1.82) is 0 Å². The summed E-state index contributed by atoms with van der Waals surface area (Å²) in [6.45, 7) is 3.55. The van der Waals surface area contributed by atoms with Gasteiger partial charge in [0, 0.05) is 46.6 Å². The molecule has 1 unspecified atom stereocenters. The molecule has 2 heterocycles. The van der Waals surface area contributed by atoms with Crippen LogP contribution in [0.15, 0.2) is 77.5 Å². The largest absolute Gasteiger partial charge is 0.492 e. The molecule has 132 valence electrons. The Balaban J connectivity index is 1.46. The number of ketones is 1. The minimum absolute atomic E-state index is 0.0148. The maximum absolute atomic E-state index is 12.7. The number of carbonyl (C=O) groups is 1. The fourth-order valence-electron chi connectivity index (χ4n) is 3.27. The van der Waals surface area contributed by atoms with Crippen LogP contribution in [0.1, 0.15) is 28.8 Å². The van der Waals surface area contributed by atoms with Crippen molar-refractivity contribution in [3.05, 3.63) is 83.7 Å². The van der Waals surface area contributed by atoms with Crippen LogP contribution in [0.2, 0.25) is 0 Å². The molecule has 2 aromatic rings. The Morgan fingerprint density at radius 1 is 1.23 bits per heavy atom. The highest BCUT2D eigenvalue weighted by atomic mass is 32.2. The summed E-state index contributed by atoms with van der Waals surface area (Å²) < 4.78 is 5.67. The zero-order valence-electron chi connectivity index (χ0n) is 14.7. The highest BCUT2D eigenvalue weighted by Gasteiger charge is 2.19. The Hall–Kier alpha value is -2.46. The molecule has 2 aliphatic heterocycles. The lowest BCUT2D eigenvalue weighted by molar-refractivity contribution is 0.104. The molecular formula is C22H21NO2S. The number of nitrogens with zero attached hydrogens (tertiary/aromatic N) is 1. The van der Waals surface area contributed by atoms with Gasteiger partial charge in [0.15, 0.2) is 5.78 Å². The predicted molar refractivity (Wildman–Crippen MR) is 106 cm³/mol. The second-order valence-corrected chi connectivity index (χ2v) is 7.66. The quantitative estimate of drug-likeness (QED) is 0.572. The Morgan fingerprint density at radius 2 is 2.08 bits per heavy atom.